The molecule has 0 bridgehead atoms. The van der Waals surface area contributed by atoms with Crippen molar-refractivity contribution in [3.05, 3.63) is 95.1 Å². The first-order valence-electron chi connectivity index (χ1n) is 8.52. The average molecular weight is 377 g/mol. The number of rotatable bonds is 6. The Morgan fingerprint density at radius 2 is 1.75 bits per heavy atom. The molecule has 0 aromatic heterocycles. The Morgan fingerprint density at radius 1 is 1.00 bits per heavy atom. The molecule has 0 aliphatic heterocycles. The van der Waals surface area contributed by atoms with Gasteiger partial charge in [-0.3, -0.25) is 0 Å². The van der Waals surface area contributed by atoms with E-state index in [9.17, 15) is 14.0 Å². The van der Waals surface area contributed by atoms with Crippen LogP contribution in [0.5, 0.6) is 11.5 Å². The van der Waals surface area contributed by atoms with Crippen molar-refractivity contribution in [1.29, 1.82) is 5.26 Å². The smallest absolute Gasteiger partial charge is 0.161 e. The van der Waals surface area contributed by atoms with Crippen molar-refractivity contribution < 1.29 is 18.3 Å². The van der Waals surface area contributed by atoms with E-state index in [1.165, 1.54) is 25.3 Å². The van der Waals surface area contributed by atoms with E-state index in [0.29, 0.717) is 17.1 Å². The molecule has 28 heavy (non-hydrogen) atoms. The fourth-order valence-corrected chi connectivity index (χ4v) is 2.65. The first-order valence-corrected chi connectivity index (χ1v) is 8.52. The number of methoxy groups -OCH3 is 1. The molecule has 0 fully saturated rings. The third-order valence-corrected chi connectivity index (χ3v) is 4.09. The summed E-state index contributed by atoms with van der Waals surface area (Å²) in [5.74, 6) is 0.220. The van der Waals surface area contributed by atoms with Gasteiger partial charge in [-0.15, -0.1) is 0 Å². The summed E-state index contributed by atoms with van der Waals surface area (Å²) in [5, 5.41) is 9.41. The van der Waals surface area contributed by atoms with Crippen molar-refractivity contribution in [2.75, 3.05) is 7.11 Å². The molecule has 140 valence electrons. The van der Waals surface area contributed by atoms with Crippen molar-refractivity contribution in [3.8, 4) is 17.6 Å². The SMILES string of the molecule is COc1cc(/C=C(/C#N)c2ccccc2F)ccc1OCc1ccc(F)cc1. The topological polar surface area (TPSA) is 42.2 Å². The largest absolute Gasteiger partial charge is 0.493 e. The molecule has 0 amide bonds. The summed E-state index contributed by atoms with van der Waals surface area (Å²) >= 11 is 0. The second-order valence-electron chi connectivity index (χ2n) is 5.98. The predicted molar refractivity (Wildman–Crippen MR) is 104 cm³/mol. The van der Waals surface area contributed by atoms with Crippen molar-refractivity contribution in [3.63, 3.8) is 0 Å². The van der Waals surface area contributed by atoms with Gasteiger partial charge in [0, 0.05) is 5.56 Å². The summed E-state index contributed by atoms with van der Waals surface area (Å²) in [4.78, 5) is 0. The van der Waals surface area contributed by atoms with Gasteiger partial charge >= 0.3 is 0 Å². The Labute approximate surface area is 162 Å². The van der Waals surface area contributed by atoms with Gasteiger partial charge in [0.2, 0.25) is 0 Å². The monoisotopic (exact) mass is 377 g/mol. The molecule has 0 saturated heterocycles. The maximum absolute atomic E-state index is 14.0. The van der Waals surface area contributed by atoms with Crippen LogP contribution in [0, 0.1) is 23.0 Å². The molecule has 0 radical (unpaired) electrons. The van der Waals surface area contributed by atoms with E-state index in [1.54, 1.807) is 54.6 Å². The van der Waals surface area contributed by atoms with E-state index in [-0.39, 0.29) is 23.6 Å². The van der Waals surface area contributed by atoms with Crippen LogP contribution in [0.15, 0.2) is 66.7 Å². The van der Waals surface area contributed by atoms with Gasteiger partial charge in [-0.2, -0.15) is 5.26 Å². The maximum atomic E-state index is 14.0. The summed E-state index contributed by atoms with van der Waals surface area (Å²) in [6.45, 7) is 0.254. The van der Waals surface area contributed by atoms with Crippen LogP contribution in [0.4, 0.5) is 8.78 Å². The summed E-state index contributed by atoms with van der Waals surface area (Å²) in [6, 6.07) is 19.4. The number of allylic oxidation sites excluding steroid dienone is 1. The molecule has 0 saturated carbocycles. The number of hydrogen-bond donors (Lipinski definition) is 0. The molecule has 3 nitrogen and oxygen atoms in total. The van der Waals surface area contributed by atoms with Crippen molar-refractivity contribution in [2.45, 2.75) is 6.61 Å². The number of nitrogens with zero attached hydrogens (tertiary/aromatic N) is 1. The van der Waals surface area contributed by atoms with Crippen LogP contribution in [-0.2, 0) is 6.61 Å². The van der Waals surface area contributed by atoms with Crippen LogP contribution in [0.3, 0.4) is 0 Å². The second kappa shape index (κ2) is 8.83. The number of nitriles is 1. The summed E-state index contributed by atoms with van der Waals surface area (Å²) in [7, 11) is 1.51. The molecule has 5 heteroatoms. The minimum atomic E-state index is -0.457. The molecule has 3 rings (SSSR count). The Kier molecular flexibility index (Phi) is 6.03. The fraction of sp³-hybridized carbons (Fsp3) is 0.0870. The minimum Gasteiger partial charge on any atom is -0.493 e. The Morgan fingerprint density at radius 3 is 2.43 bits per heavy atom. The first kappa shape index (κ1) is 19.1. The van der Waals surface area contributed by atoms with E-state index >= 15 is 0 Å². The van der Waals surface area contributed by atoms with Crippen molar-refractivity contribution in [2.24, 2.45) is 0 Å². The van der Waals surface area contributed by atoms with Gasteiger partial charge in [0.15, 0.2) is 11.5 Å². The summed E-state index contributed by atoms with van der Waals surface area (Å²) in [5.41, 5.74) is 1.94. The highest BCUT2D eigenvalue weighted by atomic mass is 19.1. The third-order valence-electron chi connectivity index (χ3n) is 4.09. The normalized spacial score (nSPS) is 11.0. The van der Waals surface area contributed by atoms with Crippen LogP contribution in [0.1, 0.15) is 16.7 Å². The average Bonchev–Trinajstić information content (AvgIpc) is 2.72. The number of hydrogen-bond acceptors (Lipinski definition) is 3. The minimum absolute atomic E-state index is 0.208. The Balaban J connectivity index is 1.83. The molecule has 3 aromatic carbocycles. The van der Waals surface area contributed by atoms with Gasteiger partial charge in [-0.25, -0.2) is 8.78 Å². The Hall–Kier alpha value is -3.65. The highest BCUT2D eigenvalue weighted by molar-refractivity contribution is 5.90. The zero-order chi connectivity index (χ0) is 19.9. The highest BCUT2D eigenvalue weighted by Crippen LogP contribution is 2.30. The van der Waals surface area contributed by atoms with Gasteiger partial charge in [-0.1, -0.05) is 36.4 Å². The zero-order valence-corrected chi connectivity index (χ0v) is 15.2. The van der Waals surface area contributed by atoms with Gasteiger partial charge in [-0.05, 0) is 47.5 Å². The molecule has 0 N–H and O–H groups in total. The van der Waals surface area contributed by atoms with Crippen molar-refractivity contribution in [1.82, 2.24) is 0 Å². The molecule has 0 unspecified atom stereocenters. The zero-order valence-electron chi connectivity index (χ0n) is 15.2. The second-order valence-corrected chi connectivity index (χ2v) is 5.98. The first-order chi connectivity index (χ1) is 13.6. The van der Waals surface area contributed by atoms with E-state index < -0.39 is 5.82 Å². The van der Waals surface area contributed by atoms with Crippen molar-refractivity contribution >= 4 is 11.6 Å². The number of benzene rings is 3. The lowest BCUT2D eigenvalue weighted by Gasteiger charge is -2.12. The van der Waals surface area contributed by atoms with E-state index in [1.807, 2.05) is 6.07 Å². The van der Waals surface area contributed by atoms with Crippen LogP contribution in [-0.4, -0.2) is 7.11 Å². The van der Waals surface area contributed by atoms with Gasteiger partial charge in [0.25, 0.3) is 0 Å². The molecule has 3 aromatic rings. The highest BCUT2D eigenvalue weighted by Gasteiger charge is 2.09. The maximum Gasteiger partial charge on any atom is 0.161 e. The molecular weight excluding hydrogens is 360 g/mol. The Bertz CT molecular complexity index is 1040. The third kappa shape index (κ3) is 4.54. The lowest BCUT2D eigenvalue weighted by atomic mass is 10.0. The van der Waals surface area contributed by atoms with E-state index in [0.717, 1.165) is 5.56 Å². The number of ether oxygens (including phenoxy) is 2. The molecule has 0 aliphatic rings. The van der Waals surface area contributed by atoms with Gasteiger partial charge < -0.3 is 9.47 Å². The molecule has 0 spiro atoms. The van der Waals surface area contributed by atoms with Gasteiger partial charge in [0.05, 0.1) is 18.8 Å². The molecule has 0 heterocycles. The quantitative estimate of drug-likeness (QED) is 0.414. The van der Waals surface area contributed by atoms with Crippen LogP contribution in [0.25, 0.3) is 11.6 Å². The predicted octanol–water partition coefficient (Wildman–Crippen LogP) is 5.62. The fourth-order valence-electron chi connectivity index (χ4n) is 2.65. The van der Waals surface area contributed by atoms with E-state index in [4.69, 9.17) is 9.47 Å². The van der Waals surface area contributed by atoms with Crippen LogP contribution >= 0.6 is 0 Å². The standard InChI is InChI=1S/C23H17F2NO2/c1-27-23-13-17(12-18(14-26)20-4-2-3-5-21(20)25)8-11-22(23)28-15-16-6-9-19(24)10-7-16/h2-13H,15H2,1H3/b18-12-. The van der Waals surface area contributed by atoms with E-state index in [2.05, 4.69) is 0 Å². The lowest BCUT2D eigenvalue weighted by molar-refractivity contribution is 0.284. The molecular formula is C23H17F2NO2. The molecule has 0 aliphatic carbocycles. The number of halogens is 2. The van der Waals surface area contributed by atoms with Crippen LogP contribution < -0.4 is 9.47 Å². The summed E-state index contributed by atoms with van der Waals surface area (Å²) < 4.78 is 38.1. The molecule has 0 atom stereocenters. The lowest BCUT2D eigenvalue weighted by Crippen LogP contribution is -1.98. The summed E-state index contributed by atoms with van der Waals surface area (Å²) in [6.07, 6.45) is 1.59. The van der Waals surface area contributed by atoms with Gasteiger partial charge in [0.1, 0.15) is 18.2 Å². The van der Waals surface area contributed by atoms with Crippen LogP contribution in [0.2, 0.25) is 0 Å².